The van der Waals surface area contributed by atoms with Crippen molar-refractivity contribution >= 4 is 23.3 Å². The van der Waals surface area contributed by atoms with Gasteiger partial charge in [0.05, 0.1) is 0 Å². The molecule has 0 fully saturated rings. The molecule has 1 aromatic heterocycles. The lowest BCUT2D eigenvalue weighted by molar-refractivity contribution is -0.120. The van der Waals surface area contributed by atoms with E-state index in [4.69, 9.17) is 11.6 Å². The van der Waals surface area contributed by atoms with E-state index in [0.717, 1.165) is 25.7 Å². The van der Waals surface area contributed by atoms with Crippen LogP contribution in [0.4, 0.5) is 5.82 Å². The minimum Gasteiger partial charge on any atom is -0.310 e. The van der Waals surface area contributed by atoms with Crippen LogP contribution in [0, 0.1) is 5.92 Å². The first-order chi connectivity index (χ1) is 8.17. The van der Waals surface area contributed by atoms with Crippen molar-refractivity contribution in [2.45, 2.75) is 39.5 Å². The molecule has 94 valence electrons. The van der Waals surface area contributed by atoms with Gasteiger partial charge in [-0.2, -0.15) is 0 Å². The van der Waals surface area contributed by atoms with E-state index in [1.165, 1.54) is 6.33 Å². The molecule has 1 rings (SSSR count). The lowest BCUT2D eigenvalue weighted by Gasteiger charge is -2.14. The van der Waals surface area contributed by atoms with Crippen LogP contribution in [-0.4, -0.2) is 15.9 Å². The number of anilines is 1. The highest BCUT2D eigenvalue weighted by Crippen LogP contribution is 2.16. The Morgan fingerprint density at radius 2 is 2.00 bits per heavy atom. The van der Waals surface area contributed by atoms with Crippen molar-refractivity contribution in [3.63, 3.8) is 0 Å². The second-order valence-electron chi connectivity index (χ2n) is 3.99. The summed E-state index contributed by atoms with van der Waals surface area (Å²) in [6.07, 6.45) is 5.15. The van der Waals surface area contributed by atoms with E-state index >= 15 is 0 Å². The topological polar surface area (TPSA) is 54.9 Å². The fraction of sp³-hybridized carbons (Fsp3) is 0.583. The van der Waals surface area contributed by atoms with Gasteiger partial charge in [-0.1, -0.05) is 38.3 Å². The summed E-state index contributed by atoms with van der Waals surface area (Å²) in [7, 11) is 0. The van der Waals surface area contributed by atoms with E-state index in [9.17, 15) is 4.79 Å². The number of aromatic nitrogens is 2. The van der Waals surface area contributed by atoms with Crippen LogP contribution >= 0.6 is 11.6 Å². The summed E-state index contributed by atoms with van der Waals surface area (Å²) in [4.78, 5) is 19.7. The molecule has 0 saturated heterocycles. The molecule has 0 aliphatic heterocycles. The zero-order valence-corrected chi connectivity index (χ0v) is 11.0. The summed E-state index contributed by atoms with van der Waals surface area (Å²) in [6.45, 7) is 4.16. The first-order valence-electron chi connectivity index (χ1n) is 5.95. The highest BCUT2D eigenvalue weighted by Gasteiger charge is 2.17. The molecule has 0 aliphatic rings. The number of amides is 1. The molecule has 0 aliphatic carbocycles. The molecule has 0 unspecified atom stereocenters. The molecule has 0 radical (unpaired) electrons. The fourth-order valence-electron chi connectivity index (χ4n) is 1.73. The third kappa shape index (κ3) is 4.69. The second-order valence-corrected chi connectivity index (χ2v) is 4.38. The normalized spacial score (nSPS) is 10.6. The predicted octanol–water partition coefficient (Wildman–Crippen LogP) is 3.28. The molecule has 0 aromatic carbocycles. The summed E-state index contributed by atoms with van der Waals surface area (Å²) in [6, 6.07) is 1.55. The molecule has 1 amide bonds. The Morgan fingerprint density at radius 3 is 2.53 bits per heavy atom. The summed E-state index contributed by atoms with van der Waals surface area (Å²) >= 11 is 5.73. The van der Waals surface area contributed by atoms with E-state index in [1.807, 2.05) is 0 Å². The van der Waals surface area contributed by atoms with E-state index in [1.54, 1.807) is 6.07 Å². The Morgan fingerprint density at radius 1 is 1.35 bits per heavy atom. The van der Waals surface area contributed by atoms with Crippen LogP contribution in [0.25, 0.3) is 0 Å². The minimum atomic E-state index is 0.0171. The van der Waals surface area contributed by atoms with Crippen LogP contribution in [0.5, 0.6) is 0 Å². The maximum Gasteiger partial charge on any atom is 0.228 e. The van der Waals surface area contributed by atoms with Crippen molar-refractivity contribution in [2.75, 3.05) is 5.32 Å². The van der Waals surface area contributed by atoms with Gasteiger partial charge in [-0.3, -0.25) is 4.79 Å². The zero-order chi connectivity index (χ0) is 12.7. The molecular weight excluding hydrogens is 238 g/mol. The Labute approximate surface area is 107 Å². The number of hydrogen-bond acceptors (Lipinski definition) is 3. The predicted molar refractivity (Wildman–Crippen MR) is 69.0 cm³/mol. The summed E-state index contributed by atoms with van der Waals surface area (Å²) in [5, 5.41) is 3.11. The van der Waals surface area contributed by atoms with Gasteiger partial charge in [0.2, 0.25) is 5.91 Å². The van der Waals surface area contributed by atoms with Crippen molar-refractivity contribution < 1.29 is 4.79 Å². The highest BCUT2D eigenvalue weighted by atomic mass is 35.5. The van der Waals surface area contributed by atoms with Crippen molar-refractivity contribution in [1.82, 2.24) is 9.97 Å². The van der Waals surface area contributed by atoms with Gasteiger partial charge in [-0.15, -0.1) is 0 Å². The zero-order valence-electron chi connectivity index (χ0n) is 10.2. The van der Waals surface area contributed by atoms with E-state index in [-0.39, 0.29) is 11.8 Å². The number of rotatable bonds is 6. The van der Waals surface area contributed by atoms with Crippen LogP contribution < -0.4 is 5.32 Å². The smallest absolute Gasteiger partial charge is 0.228 e. The second kappa shape index (κ2) is 7.22. The van der Waals surface area contributed by atoms with Crippen molar-refractivity contribution in [2.24, 2.45) is 5.92 Å². The Balaban J connectivity index is 2.62. The molecule has 4 nitrogen and oxygen atoms in total. The lowest BCUT2D eigenvalue weighted by atomic mass is 9.97. The van der Waals surface area contributed by atoms with E-state index < -0.39 is 0 Å². The molecule has 0 bridgehead atoms. The number of hydrogen-bond donors (Lipinski definition) is 1. The first kappa shape index (κ1) is 13.9. The molecule has 1 N–H and O–H groups in total. The Hall–Kier alpha value is -1.16. The summed E-state index contributed by atoms with van der Waals surface area (Å²) in [5.74, 6) is 0.536. The molecular formula is C12H18ClN3O. The Bertz CT molecular complexity index is 365. The summed E-state index contributed by atoms with van der Waals surface area (Å²) in [5.41, 5.74) is 0. The quantitative estimate of drug-likeness (QED) is 0.794. The third-order valence-corrected chi connectivity index (χ3v) is 2.74. The Kier molecular flexibility index (Phi) is 5.91. The van der Waals surface area contributed by atoms with Crippen molar-refractivity contribution in [3.8, 4) is 0 Å². The average Bonchev–Trinajstić information content (AvgIpc) is 2.28. The molecule has 0 saturated carbocycles. The first-order valence-corrected chi connectivity index (χ1v) is 6.33. The minimum absolute atomic E-state index is 0.0171. The van der Waals surface area contributed by atoms with Gasteiger partial charge >= 0.3 is 0 Å². The van der Waals surface area contributed by atoms with Crippen LogP contribution in [-0.2, 0) is 4.79 Å². The van der Waals surface area contributed by atoms with Gasteiger partial charge in [-0.25, -0.2) is 9.97 Å². The number of nitrogens with zero attached hydrogens (tertiary/aromatic N) is 2. The van der Waals surface area contributed by atoms with Crippen LogP contribution in [0.3, 0.4) is 0 Å². The average molecular weight is 256 g/mol. The van der Waals surface area contributed by atoms with Crippen LogP contribution in [0.2, 0.25) is 5.15 Å². The molecule has 1 aromatic rings. The fourth-order valence-corrected chi connectivity index (χ4v) is 1.88. The maximum atomic E-state index is 12.0. The molecule has 17 heavy (non-hydrogen) atoms. The molecule has 0 atom stereocenters. The van der Waals surface area contributed by atoms with Gasteiger partial charge in [0, 0.05) is 12.0 Å². The SMILES string of the molecule is CCCC(CCC)C(=O)Nc1cc(Cl)ncn1. The van der Waals surface area contributed by atoms with E-state index in [2.05, 4.69) is 29.1 Å². The largest absolute Gasteiger partial charge is 0.310 e. The standard InChI is InChI=1S/C12H18ClN3O/c1-3-5-9(6-4-2)12(17)16-11-7-10(13)14-8-15-11/h7-9H,3-6H2,1-2H3,(H,14,15,16,17). The molecule has 1 heterocycles. The van der Waals surface area contributed by atoms with Gasteiger partial charge in [0.15, 0.2) is 0 Å². The van der Waals surface area contributed by atoms with Crippen molar-refractivity contribution in [3.05, 3.63) is 17.5 Å². The number of halogens is 1. The number of nitrogens with one attached hydrogen (secondary N) is 1. The number of carbonyl (C=O) groups is 1. The van der Waals surface area contributed by atoms with Crippen molar-refractivity contribution in [1.29, 1.82) is 0 Å². The maximum absolute atomic E-state index is 12.0. The van der Waals surface area contributed by atoms with Crippen LogP contribution in [0.15, 0.2) is 12.4 Å². The highest BCUT2D eigenvalue weighted by molar-refractivity contribution is 6.29. The summed E-state index contributed by atoms with van der Waals surface area (Å²) < 4.78 is 0. The lowest BCUT2D eigenvalue weighted by Crippen LogP contribution is -2.23. The van der Waals surface area contributed by atoms with Gasteiger partial charge < -0.3 is 5.32 Å². The molecule has 5 heteroatoms. The van der Waals surface area contributed by atoms with Crippen LogP contribution in [0.1, 0.15) is 39.5 Å². The third-order valence-electron chi connectivity index (χ3n) is 2.53. The van der Waals surface area contributed by atoms with Gasteiger partial charge in [-0.05, 0) is 12.8 Å². The monoisotopic (exact) mass is 255 g/mol. The van der Waals surface area contributed by atoms with Gasteiger partial charge in [0.25, 0.3) is 0 Å². The number of carbonyl (C=O) groups excluding carboxylic acids is 1. The van der Waals surface area contributed by atoms with Gasteiger partial charge in [0.1, 0.15) is 17.3 Å². The van der Waals surface area contributed by atoms with E-state index in [0.29, 0.717) is 11.0 Å². The molecule has 0 spiro atoms.